The lowest BCUT2D eigenvalue weighted by Gasteiger charge is -2.10. The van der Waals surface area contributed by atoms with Crippen LogP contribution < -0.4 is 0 Å². The molecule has 0 radical (unpaired) electrons. The summed E-state index contributed by atoms with van der Waals surface area (Å²) in [5.41, 5.74) is 0.800. The van der Waals surface area contributed by atoms with Crippen LogP contribution in [0.2, 0.25) is 0 Å². The maximum Gasteiger partial charge on any atom is 0.264 e. The van der Waals surface area contributed by atoms with E-state index in [0.29, 0.717) is 17.9 Å². The second kappa shape index (κ2) is 5.27. The van der Waals surface area contributed by atoms with Crippen LogP contribution in [0.15, 0.2) is 4.90 Å². The van der Waals surface area contributed by atoms with Gasteiger partial charge >= 0.3 is 0 Å². The minimum atomic E-state index is -3.80. The molecule has 0 saturated heterocycles. The number of hydrogen-bond acceptors (Lipinski definition) is 4. The van der Waals surface area contributed by atoms with E-state index >= 15 is 0 Å². The Morgan fingerprint density at radius 2 is 1.94 bits per heavy atom. The number of rotatable bonds is 4. The predicted octanol–water partition coefficient (Wildman–Crippen LogP) is 0.906. The molecule has 1 rings (SSSR count). The van der Waals surface area contributed by atoms with Crippen molar-refractivity contribution in [2.75, 3.05) is 14.1 Å². The maximum atomic E-state index is 11.5. The Balaban J connectivity index is 2.97. The van der Waals surface area contributed by atoms with E-state index in [9.17, 15) is 13.2 Å². The van der Waals surface area contributed by atoms with Gasteiger partial charge in [0, 0.05) is 31.2 Å². The van der Waals surface area contributed by atoms with Gasteiger partial charge < -0.3 is 4.90 Å². The van der Waals surface area contributed by atoms with Gasteiger partial charge in [-0.2, -0.15) is 5.10 Å². The molecule has 0 aliphatic heterocycles. The van der Waals surface area contributed by atoms with E-state index in [2.05, 4.69) is 5.10 Å². The average molecular weight is 294 g/mol. The molecule has 0 aromatic carbocycles. The summed E-state index contributed by atoms with van der Waals surface area (Å²) in [6.45, 7) is 3.53. The quantitative estimate of drug-likeness (QED) is 0.774. The lowest BCUT2D eigenvalue weighted by atomic mass is 10.3. The Morgan fingerprint density at radius 1 is 1.39 bits per heavy atom. The van der Waals surface area contributed by atoms with Crippen LogP contribution in [0.4, 0.5) is 0 Å². The van der Waals surface area contributed by atoms with E-state index in [1.54, 1.807) is 27.9 Å². The van der Waals surface area contributed by atoms with Gasteiger partial charge in [0.25, 0.3) is 9.05 Å². The van der Waals surface area contributed by atoms with Gasteiger partial charge in [0.1, 0.15) is 4.90 Å². The fraction of sp³-hybridized carbons (Fsp3) is 0.600. The normalized spacial score (nSPS) is 11.6. The number of hydrogen-bond donors (Lipinski definition) is 0. The molecule has 0 fully saturated rings. The zero-order chi connectivity index (χ0) is 14.1. The lowest BCUT2D eigenvalue weighted by molar-refractivity contribution is -0.128. The molecule has 1 aromatic rings. The largest absolute Gasteiger partial charge is 0.349 e. The summed E-state index contributed by atoms with van der Waals surface area (Å²) < 4.78 is 24.2. The second-order valence-electron chi connectivity index (χ2n) is 4.20. The molecule has 1 aromatic heterocycles. The van der Waals surface area contributed by atoms with Crippen LogP contribution in [-0.4, -0.2) is 43.1 Å². The number of carbonyl (C=O) groups is 1. The lowest BCUT2D eigenvalue weighted by Crippen LogP contribution is -2.23. The summed E-state index contributed by atoms with van der Waals surface area (Å²) in [6, 6.07) is 0. The van der Waals surface area contributed by atoms with Crippen LogP contribution in [0.1, 0.15) is 17.8 Å². The highest BCUT2D eigenvalue weighted by molar-refractivity contribution is 8.13. The highest BCUT2D eigenvalue weighted by atomic mass is 35.7. The third-order valence-electron chi connectivity index (χ3n) is 2.60. The standard InChI is InChI=1S/C10H16ClN3O3S/c1-7-10(18(11,16)17)8(2)14(12-7)6-5-9(15)13(3)4/h5-6H2,1-4H3. The predicted molar refractivity (Wildman–Crippen MR) is 68.1 cm³/mol. The van der Waals surface area contributed by atoms with Crippen molar-refractivity contribution < 1.29 is 13.2 Å². The highest BCUT2D eigenvalue weighted by Gasteiger charge is 2.22. The van der Waals surface area contributed by atoms with E-state index in [1.165, 1.54) is 9.58 Å². The molecule has 1 amide bonds. The number of aryl methyl sites for hydroxylation is 2. The molecule has 0 aliphatic carbocycles. The third kappa shape index (κ3) is 3.23. The van der Waals surface area contributed by atoms with Gasteiger partial charge in [-0.15, -0.1) is 0 Å². The summed E-state index contributed by atoms with van der Waals surface area (Å²) in [4.78, 5) is 13.0. The third-order valence-corrected chi connectivity index (χ3v) is 4.14. The summed E-state index contributed by atoms with van der Waals surface area (Å²) in [6.07, 6.45) is 0.261. The number of nitrogens with zero attached hydrogens (tertiary/aromatic N) is 3. The molecule has 0 atom stereocenters. The molecule has 0 spiro atoms. The first kappa shape index (κ1) is 15.0. The zero-order valence-electron chi connectivity index (χ0n) is 10.8. The SMILES string of the molecule is Cc1nn(CCC(=O)N(C)C)c(C)c1S(=O)(=O)Cl. The van der Waals surface area contributed by atoms with Crippen molar-refractivity contribution >= 4 is 25.6 Å². The Hall–Kier alpha value is -1.08. The molecule has 0 unspecified atom stereocenters. The van der Waals surface area contributed by atoms with Crippen molar-refractivity contribution in [2.45, 2.75) is 31.7 Å². The topological polar surface area (TPSA) is 72.3 Å². The van der Waals surface area contributed by atoms with Crippen LogP contribution in [0.25, 0.3) is 0 Å². The summed E-state index contributed by atoms with van der Waals surface area (Å²) in [7, 11) is 4.86. The Labute approximate surface area is 111 Å². The van der Waals surface area contributed by atoms with Crippen LogP contribution in [0.5, 0.6) is 0 Å². The highest BCUT2D eigenvalue weighted by Crippen LogP contribution is 2.23. The molecule has 18 heavy (non-hydrogen) atoms. The van der Waals surface area contributed by atoms with E-state index in [1.807, 2.05) is 0 Å². The van der Waals surface area contributed by atoms with Gasteiger partial charge in [0.15, 0.2) is 0 Å². The van der Waals surface area contributed by atoms with Gasteiger partial charge in [-0.25, -0.2) is 8.42 Å². The number of carbonyl (C=O) groups excluding carboxylic acids is 1. The fourth-order valence-electron chi connectivity index (χ4n) is 1.68. The van der Waals surface area contributed by atoms with Crippen molar-refractivity contribution in [1.82, 2.24) is 14.7 Å². The molecule has 0 saturated carbocycles. The van der Waals surface area contributed by atoms with Crippen LogP contribution in [0, 0.1) is 13.8 Å². The number of halogens is 1. The van der Waals surface area contributed by atoms with Crippen molar-refractivity contribution in [3.63, 3.8) is 0 Å². The first-order chi connectivity index (χ1) is 8.14. The Kier molecular flexibility index (Phi) is 4.39. The minimum absolute atomic E-state index is 0.0291. The molecular weight excluding hydrogens is 278 g/mol. The summed E-state index contributed by atoms with van der Waals surface area (Å²) in [5.74, 6) is -0.0437. The molecule has 102 valence electrons. The molecule has 0 bridgehead atoms. The van der Waals surface area contributed by atoms with Crippen molar-refractivity contribution in [2.24, 2.45) is 0 Å². The van der Waals surface area contributed by atoms with Gasteiger partial charge in [0.05, 0.1) is 17.9 Å². The molecule has 8 heteroatoms. The smallest absolute Gasteiger partial charge is 0.264 e. The first-order valence-electron chi connectivity index (χ1n) is 5.33. The first-order valence-corrected chi connectivity index (χ1v) is 7.64. The van der Waals surface area contributed by atoms with Gasteiger partial charge in [-0.3, -0.25) is 9.48 Å². The van der Waals surface area contributed by atoms with E-state index in [-0.39, 0.29) is 17.2 Å². The molecular formula is C10H16ClN3O3S. The van der Waals surface area contributed by atoms with Gasteiger partial charge in [0.2, 0.25) is 5.91 Å². The van der Waals surface area contributed by atoms with Gasteiger partial charge in [-0.05, 0) is 13.8 Å². The van der Waals surface area contributed by atoms with E-state index in [0.717, 1.165) is 0 Å². The molecule has 0 aliphatic rings. The summed E-state index contributed by atoms with van der Waals surface area (Å²) in [5, 5.41) is 4.09. The monoisotopic (exact) mass is 293 g/mol. The minimum Gasteiger partial charge on any atom is -0.349 e. The molecule has 0 N–H and O–H groups in total. The zero-order valence-corrected chi connectivity index (χ0v) is 12.3. The van der Waals surface area contributed by atoms with E-state index < -0.39 is 9.05 Å². The Bertz CT molecular complexity index is 563. The maximum absolute atomic E-state index is 11.5. The molecule has 6 nitrogen and oxygen atoms in total. The summed E-state index contributed by atoms with van der Waals surface area (Å²) >= 11 is 0. The fourth-order valence-corrected chi connectivity index (χ4v) is 3.20. The molecule has 1 heterocycles. The number of aromatic nitrogens is 2. The van der Waals surface area contributed by atoms with Crippen molar-refractivity contribution in [1.29, 1.82) is 0 Å². The number of amides is 1. The van der Waals surface area contributed by atoms with E-state index in [4.69, 9.17) is 10.7 Å². The van der Waals surface area contributed by atoms with Crippen LogP contribution in [0.3, 0.4) is 0 Å². The van der Waals surface area contributed by atoms with Crippen LogP contribution >= 0.6 is 10.7 Å². The van der Waals surface area contributed by atoms with Gasteiger partial charge in [-0.1, -0.05) is 0 Å². The van der Waals surface area contributed by atoms with Crippen molar-refractivity contribution in [3.05, 3.63) is 11.4 Å². The second-order valence-corrected chi connectivity index (χ2v) is 6.70. The van der Waals surface area contributed by atoms with Crippen LogP contribution in [-0.2, 0) is 20.4 Å². The average Bonchev–Trinajstić information content (AvgIpc) is 2.49. The van der Waals surface area contributed by atoms with Crippen molar-refractivity contribution in [3.8, 4) is 0 Å². The Morgan fingerprint density at radius 3 is 2.33 bits per heavy atom.